The molecule has 5 N–H and O–H groups in total. The van der Waals surface area contributed by atoms with Crippen LogP contribution >= 0.6 is 0 Å². The summed E-state index contributed by atoms with van der Waals surface area (Å²) < 4.78 is 0. The first-order valence-corrected chi connectivity index (χ1v) is 4.42. The smallest absolute Gasteiger partial charge is 0.151 e. The Labute approximate surface area is 82.2 Å². The zero-order valence-electron chi connectivity index (χ0n) is 8.00. The van der Waals surface area contributed by atoms with Crippen LogP contribution in [0.3, 0.4) is 0 Å². The van der Waals surface area contributed by atoms with E-state index in [0.717, 1.165) is 0 Å². The van der Waals surface area contributed by atoms with Crippen LogP contribution in [0.5, 0.6) is 0 Å². The normalized spacial score (nSPS) is 19.8. The van der Waals surface area contributed by atoms with Gasteiger partial charge in [-0.05, 0) is 6.54 Å². The summed E-state index contributed by atoms with van der Waals surface area (Å²) in [7, 11) is 0. The number of carbonyl (C=O) groups is 1. The average molecular weight is 207 g/mol. The van der Waals surface area contributed by atoms with Crippen LogP contribution in [0.1, 0.15) is 6.92 Å². The van der Waals surface area contributed by atoms with E-state index in [-0.39, 0.29) is 12.8 Å². The predicted molar refractivity (Wildman–Crippen MR) is 48.6 cm³/mol. The summed E-state index contributed by atoms with van der Waals surface area (Å²) in [5.74, 6) is 0. The molecule has 0 fully saturated rings. The summed E-state index contributed by atoms with van der Waals surface area (Å²) in [6.45, 7) is 2.51. The van der Waals surface area contributed by atoms with E-state index in [1.807, 2.05) is 6.92 Å². The molecule has 84 valence electrons. The molecule has 0 heterocycles. The van der Waals surface area contributed by atoms with Crippen LogP contribution in [-0.2, 0) is 4.79 Å². The third kappa shape index (κ3) is 4.12. The molecule has 0 aliphatic carbocycles. The summed E-state index contributed by atoms with van der Waals surface area (Å²) in [5, 5.41) is 39.3. The van der Waals surface area contributed by atoms with E-state index in [1.165, 1.54) is 0 Å². The highest BCUT2D eigenvalue weighted by Gasteiger charge is 2.29. The number of rotatable bonds is 7. The van der Waals surface area contributed by atoms with Gasteiger partial charge in [-0.3, -0.25) is 0 Å². The van der Waals surface area contributed by atoms with Gasteiger partial charge in [0.2, 0.25) is 0 Å². The number of likely N-dealkylation sites (N-methyl/N-ethyl adjacent to an activating group) is 1. The minimum absolute atomic E-state index is 0.0836. The number of hydrogen-bond donors (Lipinski definition) is 5. The van der Waals surface area contributed by atoms with Crippen LogP contribution in [-0.4, -0.2) is 64.2 Å². The number of aliphatic hydroxyl groups excluding tert-OH is 4. The van der Waals surface area contributed by atoms with E-state index in [2.05, 4.69) is 5.32 Å². The maximum atomic E-state index is 10.1. The molecule has 0 aromatic rings. The molecule has 0 aliphatic rings. The Morgan fingerprint density at radius 3 is 2.21 bits per heavy atom. The van der Waals surface area contributed by atoms with Crippen molar-refractivity contribution in [2.75, 3.05) is 13.1 Å². The first-order chi connectivity index (χ1) is 6.54. The molecule has 0 aromatic heterocycles. The molecule has 6 heteroatoms. The molecule has 0 aliphatic heterocycles. The van der Waals surface area contributed by atoms with E-state index >= 15 is 0 Å². The third-order valence-electron chi connectivity index (χ3n) is 1.84. The van der Waals surface area contributed by atoms with Crippen LogP contribution in [0.2, 0.25) is 0 Å². The van der Waals surface area contributed by atoms with Gasteiger partial charge in [0, 0.05) is 6.54 Å². The van der Waals surface area contributed by atoms with Crippen molar-refractivity contribution >= 4 is 6.29 Å². The first kappa shape index (κ1) is 13.5. The number of carbonyl (C=O) groups excluding carboxylic acids is 1. The van der Waals surface area contributed by atoms with Gasteiger partial charge in [0.05, 0.1) is 6.10 Å². The summed E-state index contributed by atoms with van der Waals surface area (Å²) in [6.07, 6.45) is -6.01. The lowest BCUT2D eigenvalue weighted by Crippen LogP contribution is -2.48. The zero-order valence-corrected chi connectivity index (χ0v) is 8.00. The van der Waals surface area contributed by atoms with Crippen molar-refractivity contribution < 1.29 is 25.2 Å². The molecular formula is C8H17NO5. The number of nitrogens with one attached hydrogen (secondary N) is 1. The molecule has 0 saturated heterocycles. The topological polar surface area (TPSA) is 110 Å². The highest BCUT2D eigenvalue weighted by molar-refractivity contribution is 5.56. The lowest BCUT2D eigenvalue weighted by atomic mass is 10.0. The second kappa shape index (κ2) is 6.86. The molecule has 6 nitrogen and oxygen atoms in total. The first-order valence-electron chi connectivity index (χ1n) is 4.42. The van der Waals surface area contributed by atoms with Crippen LogP contribution in [0, 0.1) is 0 Å². The summed E-state index contributed by atoms with van der Waals surface area (Å²) in [5.41, 5.74) is 0. The lowest BCUT2D eigenvalue weighted by molar-refractivity contribution is -0.133. The van der Waals surface area contributed by atoms with E-state index in [1.54, 1.807) is 0 Å². The molecule has 0 spiro atoms. The molecule has 0 aromatic carbocycles. The van der Waals surface area contributed by atoms with Crippen LogP contribution < -0.4 is 5.32 Å². The SMILES string of the molecule is CCNC[C@@H](O)[C@@H](O)[C@H](O)[C@@H](O)C=O. The van der Waals surface area contributed by atoms with Gasteiger partial charge in [-0.2, -0.15) is 0 Å². The fraction of sp³-hybridized carbons (Fsp3) is 0.875. The van der Waals surface area contributed by atoms with Gasteiger partial charge in [0.1, 0.15) is 18.3 Å². The van der Waals surface area contributed by atoms with Gasteiger partial charge in [-0.15, -0.1) is 0 Å². The van der Waals surface area contributed by atoms with Gasteiger partial charge in [0.15, 0.2) is 6.29 Å². The predicted octanol–water partition coefficient (Wildman–Crippen LogP) is -2.76. The lowest BCUT2D eigenvalue weighted by Gasteiger charge is -2.24. The number of aldehydes is 1. The Morgan fingerprint density at radius 1 is 1.21 bits per heavy atom. The quantitative estimate of drug-likeness (QED) is 0.289. The van der Waals surface area contributed by atoms with E-state index in [0.29, 0.717) is 6.54 Å². The van der Waals surface area contributed by atoms with Crippen LogP contribution in [0.4, 0.5) is 0 Å². The summed E-state index contributed by atoms with van der Waals surface area (Å²) in [6, 6.07) is 0. The second-order valence-corrected chi connectivity index (χ2v) is 2.98. The van der Waals surface area contributed by atoms with Crippen molar-refractivity contribution in [3.05, 3.63) is 0 Å². The molecule has 0 radical (unpaired) electrons. The highest BCUT2D eigenvalue weighted by atomic mass is 16.4. The molecule has 0 amide bonds. The van der Waals surface area contributed by atoms with Gasteiger partial charge in [-0.1, -0.05) is 6.92 Å². The van der Waals surface area contributed by atoms with Gasteiger partial charge >= 0.3 is 0 Å². The second-order valence-electron chi connectivity index (χ2n) is 2.98. The third-order valence-corrected chi connectivity index (χ3v) is 1.84. The minimum atomic E-state index is -1.68. The number of aliphatic hydroxyl groups is 4. The Balaban J connectivity index is 4.02. The maximum Gasteiger partial charge on any atom is 0.151 e. The maximum absolute atomic E-state index is 10.1. The van der Waals surface area contributed by atoms with Crippen LogP contribution in [0.15, 0.2) is 0 Å². The molecule has 0 saturated carbocycles. The Morgan fingerprint density at radius 2 is 1.79 bits per heavy atom. The van der Waals surface area contributed by atoms with Crippen molar-refractivity contribution in [3.63, 3.8) is 0 Å². The highest BCUT2D eigenvalue weighted by Crippen LogP contribution is 2.03. The van der Waals surface area contributed by atoms with Gasteiger partial charge in [-0.25, -0.2) is 0 Å². The van der Waals surface area contributed by atoms with Crippen molar-refractivity contribution in [2.24, 2.45) is 0 Å². The Bertz CT molecular complexity index is 166. The Hall–Kier alpha value is -0.530. The molecule has 14 heavy (non-hydrogen) atoms. The minimum Gasteiger partial charge on any atom is -0.389 e. The molecule has 0 bridgehead atoms. The standard InChI is InChI=1S/C8H17NO5/c1-2-9-3-5(11)7(13)8(14)6(12)4-10/h4-9,11-14H,2-3H2,1H3/t5-,6+,7-,8-/m1/s1. The van der Waals surface area contributed by atoms with Crippen LogP contribution in [0.25, 0.3) is 0 Å². The largest absolute Gasteiger partial charge is 0.389 e. The van der Waals surface area contributed by atoms with Gasteiger partial charge < -0.3 is 30.5 Å². The van der Waals surface area contributed by atoms with Crippen molar-refractivity contribution in [1.82, 2.24) is 5.32 Å². The van der Waals surface area contributed by atoms with E-state index in [4.69, 9.17) is 10.2 Å². The van der Waals surface area contributed by atoms with Gasteiger partial charge in [0.25, 0.3) is 0 Å². The molecular weight excluding hydrogens is 190 g/mol. The fourth-order valence-electron chi connectivity index (χ4n) is 0.923. The van der Waals surface area contributed by atoms with E-state index < -0.39 is 24.4 Å². The number of hydrogen-bond acceptors (Lipinski definition) is 6. The molecule has 0 rings (SSSR count). The summed E-state index contributed by atoms with van der Waals surface area (Å²) >= 11 is 0. The van der Waals surface area contributed by atoms with Crippen molar-refractivity contribution in [1.29, 1.82) is 0 Å². The Kier molecular flexibility index (Phi) is 6.60. The molecule has 0 unspecified atom stereocenters. The average Bonchev–Trinajstić information content (AvgIpc) is 2.22. The zero-order chi connectivity index (χ0) is 11.1. The van der Waals surface area contributed by atoms with Crippen molar-refractivity contribution in [3.8, 4) is 0 Å². The fourth-order valence-corrected chi connectivity index (χ4v) is 0.923. The molecule has 4 atom stereocenters. The van der Waals surface area contributed by atoms with E-state index in [9.17, 15) is 15.0 Å². The summed E-state index contributed by atoms with van der Waals surface area (Å²) in [4.78, 5) is 10.1. The van der Waals surface area contributed by atoms with Crippen molar-refractivity contribution in [2.45, 2.75) is 31.3 Å². The monoisotopic (exact) mass is 207 g/mol.